The Kier molecular flexibility index (Phi) is 4.23. The van der Waals surface area contributed by atoms with Gasteiger partial charge in [-0.15, -0.1) is 0 Å². The Morgan fingerprint density at radius 2 is 1.96 bits per heavy atom. The van der Waals surface area contributed by atoms with Gasteiger partial charge in [0.15, 0.2) is 0 Å². The summed E-state index contributed by atoms with van der Waals surface area (Å²) in [7, 11) is -3.58. The van der Waals surface area contributed by atoms with Gasteiger partial charge in [0.1, 0.15) is 10.6 Å². The van der Waals surface area contributed by atoms with Gasteiger partial charge in [0, 0.05) is 38.7 Å². The first-order valence-electron chi connectivity index (χ1n) is 9.08. The Morgan fingerprint density at radius 1 is 1.26 bits per heavy atom. The number of rotatable bonds is 2. The van der Waals surface area contributed by atoms with Gasteiger partial charge in [-0.05, 0) is 26.0 Å². The fourth-order valence-electron chi connectivity index (χ4n) is 3.78. The number of hydrogen-bond acceptors (Lipinski definition) is 5. The molecule has 2 aromatic rings. The number of piperidine rings is 1. The zero-order valence-electron chi connectivity index (χ0n) is 15.4. The molecule has 1 amide bonds. The number of aromatic nitrogens is 2. The first-order chi connectivity index (χ1) is 12.8. The topological polar surface area (TPSA) is 96.3 Å². The molecule has 0 radical (unpaired) electrons. The number of para-hydroxylation sites is 1. The third-order valence-corrected chi connectivity index (χ3v) is 6.88. The van der Waals surface area contributed by atoms with Gasteiger partial charge < -0.3 is 10.2 Å². The summed E-state index contributed by atoms with van der Waals surface area (Å²) in [6.45, 7) is 5.45. The summed E-state index contributed by atoms with van der Waals surface area (Å²) < 4.78 is 29.8. The number of aryl methyl sites for hydroxylation is 2. The molecule has 27 heavy (non-hydrogen) atoms. The van der Waals surface area contributed by atoms with E-state index in [1.54, 1.807) is 34.0 Å². The second-order valence-corrected chi connectivity index (χ2v) is 8.74. The van der Waals surface area contributed by atoms with Crippen LogP contribution in [0.15, 0.2) is 35.4 Å². The number of amides is 1. The minimum absolute atomic E-state index is 0.0545. The number of hydrogen-bond donors (Lipinski definition) is 2. The lowest BCUT2D eigenvalue weighted by Crippen LogP contribution is -2.62. The van der Waals surface area contributed by atoms with Crippen molar-refractivity contribution >= 4 is 21.6 Å². The predicted molar refractivity (Wildman–Crippen MR) is 101 cm³/mol. The molecule has 144 valence electrons. The van der Waals surface area contributed by atoms with Gasteiger partial charge in [0.05, 0.1) is 16.9 Å². The maximum Gasteiger partial charge on any atom is 0.257 e. The van der Waals surface area contributed by atoms with Crippen molar-refractivity contribution < 1.29 is 13.2 Å². The third-order valence-electron chi connectivity index (χ3n) is 5.29. The molecular weight excluding hydrogens is 366 g/mol. The lowest BCUT2D eigenvalue weighted by atomic mass is 9.96. The van der Waals surface area contributed by atoms with E-state index >= 15 is 0 Å². The van der Waals surface area contributed by atoms with E-state index < -0.39 is 15.7 Å². The Morgan fingerprint density at radius 3 is 2.63 bits per heavy atom. The molecule has 0 atom stereocenters. The van der Waals surface area contributed by atoms with Gasteiger partial charge in [0.2, 0.25) is 10.0 Å². The Hall–Kier alpha value is -2.39. The molecular formula is C18H23N5O3S. The van der Waals surface area contributed by atoms with Crippen LogP contribution in [0.4, 0.5) is 5.69 Å². The number of sulfonamides is 1. The van der Waals surface area contributed by atoms with E-state index in [9.17, 15) is 13.2 Å². The smallest absolute Gasteiger partial charge is 0.257 e. The van der Waals surface area contributed by atoms with Gasteiger partial charge in [-0.1, -0.05) is 12.1 Å². The molecule has 2 aliphatic rings. The molecule has 0 saturated carbocycles. The number of carbonyl (C=O) groups is 1. The van der Waals surface area contributed by atoms with Gasteiger partial charge in [-0.2, -0.15) is 9.82 Å². The largest absolute Gasteiger partial charge is 0.365 e. The Labute approximate surface area is 158 Å². The lowest BCUT2D eigenvalue weighted by Gasteiger charge is -2.45. The highest BCUT2D eigenvalue weighted by atomic mass is 32.2. The van der Waals surface area contributed by atoms with E-state index in [-0.39, 0.29) is 10.8 Å². The van der Waals surface area contributed by atoms with Crippen LogP contribution in [-0.4, -0.2) is 47.8 Å². The first kappa shape index (κ1) is 18.0. The summed E-state index contributed by atoms with van der Waals surface area (Å²) in [5.41, 5.74) is 1.17. The van der Waals surface area contributed by atoms with Gasteiger partial charge >= 0.3 is 0 Å². The molecule has 3 heterocycles. The second kappa shape index (κ2) is 6.35. The van der Waals surface area contributed by atoms with Crippen LogP contribution < -0.4 is 10.0 Å². The second-order valence-electron chi connectivity index (χ2n) is 7.08. The van der Waals surface area contributed by atoms with Crippen LogP contribution in [0.25, 0.3) is 0 Å². The fourth-order valence-corrected chi connectivity index (χ4v) is 5.32. The van der Waals surface area contributed by atoms with Crippen LogP contribution in [0.3, 0.4) is 0 Å². The van der Waals surface area contributed by atoms with Crippen molar-refractivity contribution in [1.82, 2.24) is 19.4 Å². The van der Waals surface area contributed by atoms with Crippen LogP contribution in [0, 0.1) is 6.92 Å². The van der Waals surface area contributed by atoms with Crippen molar-refractivity contribution in [3.05, 3.63) is 41.7 Å². The number of carbonyl (C=O) groups excluding carboxylic acids is 1. The van der Waals surface area contributed by atoms with Crippen molar-refractivity contribution in [1.29, 1.82) is 0 Å². The molecule has 8 nitrogen and oxygen atoms in total. The number of benzene rings is 1. The van der Waals surface area contributed by atoms with Crippen molar-refractivity contribution in [2.45, 2.75) is 43.8 Å². The van der Waals surface area contributed by atoms with Crippen LogP contribution in [0.1, 0.15) is 35.8 Å². The van der Waals surface area contributed by atoms with Crippen molar-refractivity contribution in [2.24, 2.45) is 0 Å². The van der Waals surface area contributed by atoms with Gasteiger partial charge in [0.25, 0.3) is 5.91 Å². The number of anilines is 1. The average molecular weight is 389 g/mol. The molecule has 4 rings (SSSR count). The number of nitrogens with zero attached hydrogens (tertiary/aromatic N) is 3. The quantitative estimate of drug-likeness (QED) is 0.812. The van der Waals surface area contributed by atoms with Crippen LogP contribution >= 0.6 is 0 Å². The van der Waals surface area contributed by atoms with Gasteiger partial charge in [-0.25, -0.2) is 8.42 Å². The number of nitrogens with one attached hydrogen (secondary N) is 2. The average Bonchev–Trinajstić information content (AvgIpc) is 3.02. The van der Waals surface area contributed by atoms with Crippen molar-refractivity contribution in [3.63, 3.8) is 0 Å². The molecule has 0 bridgehead atoms. The Balaban J connectivity index is 1.52. The SMILES string of the molecule is CCn1cc(C(=O)N2CCC3(CC2)Nc2ccccc2S(=O)(=O)N3)c(C)n1. The van der Waals surface area contributed by atoms with Crippen LogP contribution in [0.2, 0.25) is 0 Å². The zero-order valence-corrected chi connectivity index (χ0v) is 16.2. The molecule has 1 aromatic heterocycles. The highest BCUT2D eigenvalue weighted by Crippen LogP contribution is 2.35. The molecule has 2 N–H and O–H groups in total. The molecule has 2 aliphatic heterocycles. The van der Waals surface area contributed by atoms with E-state index in [0.717, 1.165) is 0 Å². The minimum Gasteiger partial charge on any atom is -0.365 e. The molecule has 1 spiro atoms. The summed E-state index contributed by atoms with van der Waals surface area (Å²) in [6.07, 6.45) is 2.76. The molecule has 1 saturated heterocycles. The van der Waals surface area contributed by atoms with Gasteiger partial charge in [-0.3, -0.25) is 9.48 Å². The third kappa shape index (κ3) is 3.10. The summed E-state index contributed by atoms with van der Waals surface area (Å²) in [5.74, 6) is -0.0545. The molecule has 0 unspecified atom stereocenters. The number of likely N-dealkylation sites (tertiary alicyclic amines) is 1. The lowest BCUT2D eigenvalue weighted by molar-refractivity contribution is 0.0675. The van der Waals surface area contributed by atoms with E-state index in [1.807, 2.05) is 19.9 Å². The minimum atomic E-state index is -3.58. The standard InChI is InChI=1S/C18H23N5O3S/c1-3-23-12-14(13(2)20-23)17(24)22-10-8-18(9-11-22)19-15-6-4-5-7-16(15)27(25,26)21-18/h4-7,12,19,21H,3,8-11H2,1-2H3. The number of fused-ring (bicyclic) bond motifs is 1. The normalized spacial score (nSPS) is 20.1. The maximum atomic E-state index is 12.9. The maximum absolute atomic E-state index is 12.9. The fraction of sp³-hybridized carbons (Fsp3) is 0.444. The molecule has 0 aliphatic carbocycles. The molecule has 1 aromatic carbocycles. The summed E-state index contributed by atoms with van der Waals surface area (Å²) >= 11 is 0. The Bertz CT molecular complexity index is 990. The van der Waals surface area contributed by atoms with E-state index in [2.05, 4.69) is 15.1 Å². The highest BCUT2D eigenvalue weighted by molar-refractivity contribution is 7.89. The molecule has 1 fully saturated rings. The summed E-state index contributed by atoms with van der Waals surface area (Å²) in [4.78, 5) is 14.9. The monoisotopic (exact) mass is 389 g/mol. The van der Waals surface area contributed by atoms with Crippen LogP contribution in [-0.2, 0) is 16.6 Å². The first-order valence-corrected chi connectivity index (χ1v) is 10.6. The summed E-state index contributed by atoms with van der Waals surface area (Å²) in [6, 6.07) is 6.88. The van der Waals surface area contributed by atoms with E-state index in [0.29, 0.717) is 49.4 Å². The van der Waals surface area contributed by atoms with Crippen LogP contribution in [0.5, 0.6) is 0 Å². The van der Waals surface area contributed by atoms with E-state index in [1.165, 1.54) is 0 Å². The molecule has 9 heteroatoms. The highest BCUT2D eigenvalue weighted by Gasteiger charge is 2.43. The zero-order chi connectivity index (χ0) is 19.2. The van der Waals surface area contributed by atoms with Crippen molar-refractivity contribution in [2.75, 3.05) is 18.4 Å². The van der Waals surface area contributed by atoms with E-state index in [4.69, 9.17) is 0 Å². The summed E-state index contributed by atoms with van der Waals surface area (Å²) in [5, 5.41) is 7.68. The van der Waals surface area contributed by atoms with Crippen molar-refractivity contribution in [3.8, 4) is 0 Å². The predicted octanol–water partition coefficient (Wildman–Crippen LogP) is 1.55.